The molecule has 104 valence electrons. The number of nitrogens with zero attached hydrogens (tertiary/aromatic N) is 2. The normalized spacial score (nSPS) is 13.7. The van der Waals surface area contributed by atoms with Crippen LogP contribution in [-0.2, 0) is 0 Å². The molecule has 1 unspecified atom stereocenters. The van der Waals surface area contributed by atoms with Crippen LogP contribution in [0.15, 0.2) is 12.1 Å². The number of halogens is 1. The van der Waals surface area contributed by atoms with Gasteiger partial charge in [0.05, 0.1) is 18.1 Å². The number of aliphatic hydroxyl groups is 1. The Morgan fingerprint density at radius 1 is 1.42 bits per heavy atom. The van der Waals surface area contributed by atoms with Crippen LogP contribution >= 0.6 is 0 Å². The number of rotatable bonds is 5. The molecule has 0 aliphatic carbocycles. The third-order valence-corrected chi connectivity index (χ3v) is 3.20. The van der Waals surface area contributed by atoms with Crippen LogP contribution in [-0.4, -0.2) is 18.2 Å². The fourth-order valence-corrected chi connectivity index (χ4v) is 2.06. The molecule has 0 saturated heterocycles. The van der Waals surface area contributed by atoms with Gasteiger partial charge in [-0.05, 0) is 45.4 Å². The molecular weight excluding hydrogens is 243 g/mol. The first-order valence-corrected chi connectivity index (χ1v) is 6.53. The van der Waals surface area contributed by atoms with Crippen molar-refractivity contribution in [1.82, 2.24) is 0 Å². The maximum absolute atomic E-state index is 13.6. The predicted molar refractivity (Wildman–Crippen MR) is 74.4 cm³/mol. The lowest BCUT2D eigenvalue weighted by atomic mass is 10.0. The van der Waals surface area contributed by atoms with E-state index >= 15 is 0 Å². The Balaban J connectivity index is 3.22. The topological polar surface area (TPSA) is 47.3 Å². The second-order valence-corrected chi connectivity index (χ2v) is 4.90. The highest BCUT2D eigenvalue weighted by Gasteiger charge is 2.17. The van der Waals surface area contributed by atoms with Crippen LogP contribution in [0.2, 0.25) is 0 Å². The second kappa shape index (κ2) is 6.53. The highest BCUT2D eigenvalue weighted by atomic mass is 19.1. The second-order valence-electron chi connectivity index (χ2n) is 4.90. The van der Waals surface area contributed by atoms with Crippen LogP contribution in [0.1, 0.15) is 38.0 Å². The molecule has 1 aromatic carbocycles. The molecule has 0 fully saturated rings. The predicted octanol–water partition coefficient (Wildman–Crippen LogP) is 3.17. The molecule has 1 aromatic rings. The van der Waals surface area contributed by atoms with Gasteiger partial charge in [0.25, 0.3) is 0 Å². The Morgan fingerprint density at radius 2 is 2.05 bits per heavy atom. The average Bonchev–Trinajstić information content (AvgIpc) is 2.38. The summed E-state index contributed by atoms with van der Waals surface area (Å²) >= 11 is 0. The SMILES string of the molecule is CCN(CC(C)C#N)c1cc(C)c(F)cc1[C@@H](C)O. The molecule has 0 aliphatic rings. The molecule has 0 aromatic heterocycles. The van der Waals surface area contributed by atoms with Crippen molar-refractivity contribution in [2.24, 2.45) is 5.92 Å². The van der Waals surface area contributed by atoms with E-state index in [1.54, 1.807) is 19.9 Å². The number of anilines is 1. The lowest BCUT2D eigenvalue weighted by Gasteiger charge is -2.28. The average molecular weight is 264 g/mol. The molecule has 0 radical (unpaired) electrons. The lowest BCUT2D eigenvalue weighted by molar-refractivity contribution is 0.199. The molecule has 0 saturated carbocycles. The molecule has 1 rings (SSSR count). The van der Waals surface area contributed by atoms with Gasteiger partial charge in [-0.2, -0.15) is 5.26 Å². The van der Waals surface area contributed by atoms with E-state index in [4.69, 9.17) is 5.26 Å². The third kappa shape index (κ3) is 3.68. The van der Waals surface area contributed by atoms with Gasteiger partial charge in [-0.25, -0.2) is 4.39 Å². The lowest BCUT2D eigenvalue weighted by Crippen LogP contribution is -2.29. The quantitative estimate of drug-likeness (QED) is 0.888. The first-order valence-electron chi connectivity index (χ1n) is 6.53. The molecule has 2 atom stereocenters. The van der Waals surface area contributed by atoms with E-state index in [2.05, 4.69) is 6.07 Å². The van der Waals surface area contributed by atoms with Crippen molar-refractivity contribution < 1.29 is 9.50 Å². The summed E-state index contributed by atoms with van der Waals surface area (Å²) in [6.45, 7) is 8.42. The summed E-state index contributed by atoms with van der Waals surface area (Å²) in [6.07, 6.45) is -0.739. The van der Waals surface area contributed by atoms with Gasteiger partial charge in [0, 0.05) is 24.3 Å². The van der Waals surface area contributed by atoms with Gasteiger partial charge in [-0.1, -0.05) is 0 Å². The first kappa shape index (κ1) is 15.5. The number of benzene rings is 1. The zero-order valence-electron chi connectivity index (χ0n) is 11.9. The van der Waals surface area contributed by atoms with E-state index in [1.807, 2.05) is 18.7 Å². The standard InChI is InChI=1S/C15H21FN2O/c1-5-18(9-10(2)8-17)15-6-11(3)14(16)7-13(15)12(4)19/h6-7,10,12,19H,5,9H2,1-4H3/t10?,12-/m1/s1. The van der Waals surface area contributed by atoms with Crippen LogP contribution in [0.3, 0.4) is 0 Å². The molecule has 0 bridgehead atoms. The van der Waals surface area contributed by atoms with Crippen molar-refractivity contribution in [3.05, 3.63) is 29.1 Å². The number of hydrogen-bond donors (Lipinski definition) is 1. The van der Waals surface area contributed by atoms with Gasteiger partial charge in [-0.15, -0.1) is 0 Å². The van der Waals surface area contributed by atoms with E-state index < -0.39 is 6.10 Å². The third-order valence-electron chi connectivity index (χ3n) is 3.20. The minimum absolute atomic E-state index is 0.118. The van der Waals surface area contributed by atoms with Crippen LogP contribution in [0.5, 0.6) is 0 Å². The van der Waals surface area contributed by atoms with E-state index in [-0.39, 0.29) is 11.7 Å². The van der Waals surface area contributed by atoms with Crippen LogP contribution in [0.25, 0.3) is 0 Å². The van der Waals surface area contributed by atoms with Gasteiger partial charge >= 0.3 is 0 Å². The summed E-state index contributed by atoms with van der Waals surface area (Å²) in [5.74, 6) is -0.434. The van der Waals surface area contributed by atoms with E-state index in [1.165, 1.54) is 6.07 Å². The van der Waals surface area contributed by atoms with Crippen molar-refractivity contribution in [3.63, 3.8) is 0 Å². The van der Waals surface area contributed by atoms with E-state index in [0.29, 0.717) is 24.2 Å². The molecular formula is C15H21FN2O. The van der Waals surface area contributed by atoms with E-state index in [0.717, 1.165) is 5.69 Å². The Labute approximate surface area is 114 Å². The summed E-state index contributed by atoms with van der Waals surface area (Å²) in [4.78, 5) is 2.00. The zero-order chi connectivity index (χ0) is 14.6. The van der Waals surface area contributed by atoms with Crippen molar-refractivity contribution >= 4 is 5.69 Å². The first-order chi connectivity index (χ1) is 8.90. The maximum atomic E-state index is 13.6. The van der Waals surface area contributed by atoms with Gasteiger partial charge in [0.1, 0.15) is 5.82 Å². The minimum atomic E-state index is -0.739. The fraction of sp³-hybridized carbons (Fsp3) is 0.533. The van der Waals surface area contributed by atoms with Crippen molar-refractivity contribution in [1.29, 1.82) is 5.26 Å². The molecule has 19 heavy (non-hydrogen) atoms. The summed E-state index contributed by atoms with van der Waals surface area (Å²) in [5, 5.41) is 18.7. The number of aliphatic hydroxyl groups excluding tert-OH is 1. The van der Waals surface area contributed by atoms with Crippen LogP contribution < -0.4 is 4.90 Å². The Morgan fingerprint density at radius 3 is 2.53 bits per heavy atom. The van der Waals surface area contributed by atoms with Gasteiger partial charge in [-0.3, -0.25) is 0 Å². The highest BCUT2D eigenvalue weighted by molar-refractivity contribution is 5.57. The van der Waals surface area contributed by atoms with Crippen molar-refractivity contribution in [2.45, 2.75) is 33.8 Å². The highest BCUT2D eigenvalue weighted by Crippen LogP contribution is 2.29. The van der Waals surface area contributed by atoms with Crippen LogP contribution in [0, 0.1) is 30.0 Å². The maximum Gasteiger partial charge on any atom is 0.126 e. The van der Waals surface area contributed by atoms with E-state index in [9.17, 15) is 9.50 Å². The smallest absolute Gasteiger partial charge is 0.126 e. The van der Waals surface area contributed by atoms with Crippen LogP contribution in [0.4, 0.5) is 10.1 Å². The molecule has 3 nitrogen and oxygen atoms in total. The van der Waals surface area contributed by atoms with Crippen molar-refractivity contribution in [2.75, 3.05) is 18.0 Å². The molecule has 1 N–H and O–H groups in total. The molecule has 0 spiro atoms. The summed E-state index contributed by atoms with van der Waals surface area (Å²) in [5.41, 5.74) is 1.91. The van der Waals surface area contributed by atoms with Crippen molar-refractivity contribution in [3.8, 4) is 6.07 Å². The Kier molecular flexibility index (Phi) is 5.31. The number of aryl methyl sites for hydroxylation is 1. The number of hydrogen-bond acceptors (Lipinski definition) is 3. The monoisotopic (exact) mass is 264 g/mol. The molecule has 0 heterocycles. The summed E-state index contributed by atoms with van der Waals surface area (Å²) in [6, 6.07) is 5.32. The molecule has 0 amide bonds. The van der Waals surface area contributed by atoms with Gasteiger partial charge < -0.3 is 10.0 Å². The Bertz CT molecular complexity index is 480. The largest absolute Gasteiger partial charge is 0.389 e. The molecule has 0 aliphatic heterocycles. The summed E-state index contributed by atoms with van der Waals surface area (Å²) in [7, 11) is 0. The molecule has 4 heteroatoms. The van der Waals surface area contributed by atoms with Gasteiger partial charge in [0.15, 0.2) is 0 Å². The minimum Gasteiger partial charge on any atom is -0.389 e. The Hall–Kier alpha value is -1.60. The summed E-state index contributed by atoms with van der Waals surface area (Å²) < 4.78 is 13.6. The zero-order valence-corrected chi connectivity index (χ0v) is 11.9. The fourth-order valence-electron chi connectivity index (χ4n) is 2.06. The van der Waals surface area contributed by atoms with Gasteiger partial charge in [0.2, 0.25) is 0 Å². The number of nitriles is 1.